The van der Waals surface area contributed by atoms with Gasteiger partial charge >= 0.3 is 22.5 Å². The SMILES string of the molecule is CCOc1nc2cccc(C(=O)OC(C)OC(=O)O[C@@H](C)CCCCON[N+]([Si])=NC(C)(C)C)c2n1Cc1ccc(-c2ccccc2-c2nn[nH]n2)cc1. The number of benzene rings is 3. The molecular formula is C37H45N9O7Si+. The number of hydrogen-bond acceptors (Lipinski definition) is 12. The van der Waals surface area contributed by atoms with Gasteiger partial charge in [0.2, 0.25) is 12.1 Å². The van der Waals surface area contributed by atoms with Gasteiger partial charge in [0.05, 0.1) is 36.4 Å². The number of hydrazine groups is 1. The fourth-order valence-corrected chi connectivity index (χ4v) is 5.92. The lowest BCUT2D eigenvalue weighted by Gasteiger charge is -2.17. The van der Waals surface area contributed by atoms with Crippen LogP contribution in [0.1, 0.15) is 76.7 Å². The molecule has 17 heteroatoms. The first kappa shape index (κ1) is 39.5. The molecule has 2 aromatic heterocycles. The lowest BCUT2D eigenvalue weighted by molar-refractivity contribution is -0.587. The number of carbonyl (C=O) groups excluding carboxylic acids is 2. The summed E-state index contributed by atoms with van der Waals surface area (Å²) < 4.78 is 25.3. The number of rotatable bonds is 17. The molecule has 2 heterocycles. The average Bonchev–Trinajstić information content (AvgIpc) is 3.78. The summed E-state index contributed by atoms with van der Waals surface area (Å²) in [6, 6.07) is 21.3. The van der Waals surface area contributed by atoms with Crippen LogP contribution in [0.2, 0.25) is 0 Å². The topological polar surface area (TPSA) is 180 Å². The number of hydrogen-bond donors (Lipinski definition) is 2. The van der Waals surface area contributed by atoms with Crippen molar-refractivity contribution in [3.63, 3.8) is 0 Å². The molecule has 3 aromatic carbocycles. The van der Waals surface area contributed by atoms with Crippen LogP contribution in [0.15, 0.2) is 71.8 Å². The number of nitrogens with zero attached hydrogens (tertiary/aromatic N) is 7. The number of para-hydroxylation sites is 1. The van der Waals surface area contributed by atoms with Crippen LogP contribution in [0, 0.1) is 0 Å². The molecule has 0 spiro atoms. The first-order chi connectivity index (χ1) is 25.9. The second kappa shape index (κ2) is 18.4. The van der Waals surface area contributed by atoms with Crippen molar-refractivity contribution in [1.82, 2.24) is 35.8 Å². The zero-order valence-electron chi connectivity index (χ0n) is 31.2. The molecule has 0 saturated carbocycles. The van der Waals surface area contributed by atoms with E-state index >= 15 is 0 Å². The van der Waals surface area contributed by atoms with Crippen LogP contribution in [-0.2, 0) is 25.6 Å². The Morgan fingerprint density at radius 2 is 1.74 bits per heavy atom. The number of tetrazole rings is 1. The Morgan fingerprint density at radius 1 is 0.981 bits per heavy atom. The molecule has 5 aromatic rings. The molecule has 3 radical (unpaired) electrons. The van der Waals surface area contributed by atoms with Crippen LogP contribution in [0.25, 0.3) is 33.5 Å². The zero-order valence-corrected chi connectivity index (χ0v) is 32.2. The van der Waals surface area contributed by atoms with E-state index in [2.05, 4.69) is 46.7 Å². The number of aromatic amines is 1. The Labute approximate surface area is 316 Å². The van der Waals surface area contributed by atoms with Crippen molar-refractivity contribution < 1.29 is 37.8 Å². The average molecular weight is 756 g/mol. The van der Waals surface area contributed by atoms with Crippen molar-refractivity contribution in [2.45, 2.75) is 85.3 Å². The highest BCUT2D eigenvalue weighted by molar-refractivity contribution is 6.02. The minimum absolute atomic E-state index is 0.237. The number of esters is 1. The van der Waals surface area contributed by atoms with Crippen molar-refractivity contribution >= 4 is 33.6 Å². The number of unbranched alkanes of at least 4 members (excludes halogenated alkanes) is 1. The summed E-state index contributed by atoms with van der Waals surface area (Å²) in [7, 11) is 3.30. The molecule has 1 unspecified atom stereocenters. The van der Waals surface area contributed by atoms with Crippen LogP contribution >= 0.6 is 0 Å². The second-order valence-electron chi connectivity index (χ2n) is 13.4. The summed E-state index contributed by atoms with van der Waals surface area (Å²) in [5.41, 5.74) is 7.42. The van der Waals surface area contributed by atoms with Crippen LogP contribution in [-0.4, -0.2) is 88.3 Å². The predicted octanol–water partition coefficient (Wildman–Crippen LogP) is 6.33. The van der Waals surface area contributed by atoms with Gasteiger partial charge in [0.25, 0.3) is 6.01 Å². The van der Waals surface area contributed by atoms with Gasteiger partial charge in [0.15, 0.2) is 0 Å². The highest BCUT2D eigenvalue weighted by Crippen LogP contribution is 2.31. The molecule has 2 N–H and O–H groups in total. The molecule has 5 rings (SSSR count). The van der Waals surface area contributed by atoms with E-state index in [9.17, 15) is 9.59 Å². The highest BCUT2D eigenvalue weighted by atomic mass is 28.2. The number of fused-ring (bicyclic) bond motifs is 1. The third-order valence-electron chi connectivity index (χ3n) is 7.83. The van der Waals surface area contributed by atoms with E-state index in [-0.39, 0.29) is 11.1 Å². The Bertz CT molecular complexity index is 2030. The predicted molar refractivity (Wildman–Crippen MR) is 198 cm³/mol. The van der Waals surface area contributed by atoms with Gasteiger partial charge in [0, 0.05) is 12.5 Å². The van der Waals surface area contributed by atoms with E-state index in [4.69, 9.17) is 23.8 Å². The number of nitrogens with one attached hydrogen (secondary N) is 2. The van der Waals surface area contributed by atoms with E-state index < -0.39 is 24.5 Å². The summed E-state index contributed by atoms with van der Waals surface area (Å²) in [5, 5.41) is 18.8. The maximum absolute atomic E-state index is 13.5. The third kappa shape index (κ3) is 10.9. The van der Waals surface area contributed by atoms with Crippen LogP contribution in [0.3, 0.4) is 0 Å². The van der Waals surface area contributed by atoms with Gasteiger partial charge in [-0.3, -0.25) is 4.57 Å². The fourth-order valence-electron chi connectivity index (χ4n) is 5.55. The van der Waals surface area contributed by atoms with E-state index in [0.29, 0.717) is 49.0 Å². The van der Waals surface area contributed by atoms with Gasteiger partial charge in [-0.25, -0.2) is 14.4 Å². The van der Waals surface area contributed by atoms with Gasteiger partial charge < -0.3 is 18.9 Å². The molecule has 0 bridgehead atoms. The summed E-state index contributed by atoms with van der Waals surface area (Å²) in [5.74, 6) is -0.193. The second-order valence-corrected chi connectivity index (χ2v) is 13.8. The summed E-state index contributed by atoms with van der Waals surface area (Å²) in [4.78, 5) is 36.1. The van der Waals surface area contributed by atoms with Crippen molar-refractivity contribution in [2.75, 3.05) is 13.2 Å². The number of ether oxygens (including phenoxy) is 4. The van der Waals surface area contributed by atoms with Crippen molar-refractivity contribution in [2.24, 2.45) is 5.11 Å². The molecule has 0 saturated heterocycles. The molecule has 0 aliphatic carbocycles. The van der Waals surface area contributed by atoms with E-state index in [1.807, 2.05) is 80.8 Å². The maximum atomic E-state index is 13.5. The molecule has 0 amide bonds. The van der Waals surface area contributed by atoms with Gasteiger partial charge in [-0.15, -0.1) is 10.2 Å². The molecule has 283 valence electrons. The molecular weight excluding hydrogens is 711 g/mol. The van der Waals surface area contributed by atoms with E-state index in [1.54, 1.807) is 25.1 Å². The Kier molecular flexibility index (Phi) is 13.5. The number of aromatic nitrogens is 6. The van der Waals surface area contributed by atoms with E-state index in [0.717, 1.165) is 35.1 Å². The summed E-state index contributed by atoms with van der Waals surface area (Å²) >= 11 is 0. The lowest BCUT2D eigenvalue weighted by Crippen LogP contribution is -2.29. The quantitative estimate of drug-likeness (QED) is 0.0269. The van der Waals surface area contributed by atoms with Crippen LogP contribution < -0.4 is 10.3 Å². The van der Waals surface area contributed by atoms with Crippen molar-refractivity contribution in [3.8, 4) is 28.5 Å². The zero-order chi connectivity index (χ0) is 38.7. The summed E-state index contributed by atoms with van der Waals surface area (Å²) in [6.45, 7) is 12.1. The summed E-state index contributed by atoms with van der Waals surface area (Å²) in [6.07, 6.45) is -0.547. The Balaban J connectivity index is 1.19. The fraction of sp³-hybridized carbons (Fsp3) is 0.405. The minimum Gasteiger partial charge on any atom is -0.465 e. The van der Waals surface area contributed by atoms with Crippen molar-refractivity contribution in [3.05, 3.63) is 77.9 Å². The third-order valence-corrected chi connectivity index (χ3v) is 8.03. The molecule has 2 atom stereocenters. The molecule has 16 nitrogen and oxygen atoms in total. The number of H-pyrrole nitrogens is 1. The standard InChI is InChI=1S/C37H45N9O7Si/c1-7-49-35-38-31-17-12-16-30(34(47)52-25(3)53-36(48)51-24(2)13-10-11-22-50-44-46(54)41-37(4,5)6)32(31)45(35)23-26-18-20-27(21-19-26)28-14-8-9-15-29(28)33-39-42-43-40-33/h8-9,12,14-21,24-25H,7,10-11,13,22-23H2,1-6H3,(H,41,44)(H,39,40,42,43)/q+1/t24-,25?/m0/s1. The van der Waals surface area contributed by atoms with Crippen molar-refractivity contribution in [1.29, 1.82) is 0 Å². The number of carbonyl (C=O) groups is 2. The molecule has 0 aliphatic rings. The van der Waals surface area contributed by atoms with Gasteiger partial charge in [0.1, 0.15) is 11.6 Å². The minimum atomic E-state index is -1.22. The van der Waals surface area contributed by atoms with Gasteiger partial charge in [-0.2, -0.15) is 10.2 Å². The molecule has 0 aliphatic heterocycles. The van der Waals surface area contributed by atoms with Crippen LogP contribution in [0.4, 0.5) is 4.79 Å². The first-order valence-corrected chi connectivity index (χ1v) is 18.1. The highest BCUT2D eigenvalue weighted by Gasteiger charge is 2.24. The molecule has 0 fully saturated rings. The Hall–Kier alpha value is -5.68. The van der Waals surface area contributed by atoms with Gasteiger partial charge in [-0.05, 0) is 93.0 Å². The van der Waals surface area contributed by atoms with Gasteiger partial charge in [-0.1, -0.05) is 64.7 Å². The normalized spacial score (nSPS) is 13.0. The van der Waals surface area contributed by atoms with Crippen LogP contribution in [0.5, 0.6) is 6.01 Å². The maximum Gasteiger partial charge on any atom is 0.624 e. The first-order valence-electron chi connectivity index (χ1n) is 17.7. The Morgan fingerprint density at radius 3 is 2.44 bits per heavy atom. The monoisotopic (exact) mass is 755 g/mol. The molecule has 54 heavy (non-hydrogen) atoms. The number of imidazole rings is 1. The van der Waals surface area contributed by atoms with E-state index in [1.165, 1.54) is 11.4 Å². The smallest absolute Gasteiger partial charge is 0.465 e. The lowest BCUT2D eigenvalue weighted by atomic mass is 9.98. The largest absolute Gasteiger partial charge is 0.624 e.